The average molecular weight is 370 g/mol. The van der Waals surface area contributed by atoms with E-state index in [-0.39, 0.29) is 18.6 Å². The smallest absolute Gasteiger partial charge is 0.238 e. The average Bonchev–Trinajstić information content (AvgIpc) is 3.11. The van der Waals surface area contributed by atoms with Crippen LogP contribution >= 0.6 is 11.7 Å². The maximum atomic E-state index is 12.4. The first-order valence-electron chi connectivity index (χ1n) is 8.27. The maximum absolute atomic E-state index is 12.4. The zero-order chi connectivity index (χ0) is 17.9. The van der Waals surface area contributed by atoms with Crippen molar-refractivity contribution in [2.75, 3.05) is 32.1 Å². The van der Waals surface area contributed by atoms with Crippen LogP contribution in [0.5, 0.6) is 11.5 Å². The fourth-order valence-electron chi connectivity index (χ4n) is 2.91. The molecule has 1 atom stereocenters. The second kappa shape index (κ2) is 7.27. The highest BCUT2D eigenvalue weighted by Crippen LogP contribution is 2.31. The minimum atomic E-state index is -0.117. The van der Waals surface area contributed by atoms with Crippen LogP contribution in [0.2, 0.25) is 0 Å². The lowest BCUT2D eigenvalue weighted by Crippen LogP contribution is -2.42. The Bertz CT molecular complexity index is 929. The number of carbonyl (C=O) groups excluding carboxylic acids is 1. The molecule has 1 aliphatic rings. The first-order chi connectivity index (χ1) is 12.7. The number of aromatic nitrogens is 2. The molecule has 26 heavy (non-hydrogen) atoms. The molecule has 3 aromatic rings. The molecule has 1 amide bonds. The molecular formula is C18H18N4O3S. The van der Waals surface area contributed by atoms with Crippen LogP contribution < -0.4 is 14.8 Å². The predicted octanol–water partition coefficient (Wildman–Crippen LogP) is 2.40. The van der Waals surface area contributed by atoms with Gasteiger partial charge in [0.25, 0.3) is 0 Å². The number of amides is 1. The van der Waals surface area contributed by atoms with Crippen molar-refractivity contribution >= 4 is 34.4 Å². The Kier molecular flexibility index (Phi) is 4.68. The van der Waals surface area contributed by atoms with Crippen molar-refractivity contribution in [3.63, 3.8) is 0 Å². The van der Waals surface area contributed by atoms with Crippen LogP contribution in [0.4, 0.5) is 5.69 Å². The Morgan fingerprint density at radius 2 is 2.08 bits per heavy atom. The summed E-state index contributed by atoms with van der Waals surface area (Å²) in [6.45, 7) is 1.30. The van der Waals surface area contributed by atoms with Gasteiger partial charge in [-0.1, -0.05) is 18.2 Å². The Morgan fingerprint density at radius 1 is 1.23 bits per heavy atom. The number of benzene rings is 2. The molecule has 0 aliphatic carbocycles. The molecule has 2 heterocycles. The normalized spacial score (nSPS) is 16.0. The van der Waals surface area contributed by atoms with E-state index < -0.39 is 0 Å². The molecule has 8 heteroatoms. The molecule has 7 nitrogen and oxygen atoms in total. The second-order valence-corrected chi connectivity index (χ2v) is 6.71. The number of carbonyl (C=O) groups is 1. The lowest BCUT2D eigenvalue weighted by Gasteiger charge is -2.29. The molecule has 0 fully saturated rings. The first kappa shape index (κ1) is 16.7. The van der Waals surface area contributed by atoms with Crippen molar-refractivity contribution in [1.82, 2.24) is 13.6 Å². The molecule has 1 N–H and O–H groups in total. The number of rotatable bonds is 5. The largest absolute Gasteiger partial charge is 0.486 e. The van der Waals surface area contributed by atoms with E-state index in [2.05, 4.69) is 14.1 Å². The van der Waals surface area contributed by atoms with Gasteiger partial charge in [-0.15, -0.1) is 0 Å². The number of nitrogens with zero attached hydrogens (tertiary/aromatic N) is 3. The van der Waals surface area contributed by atoms with Crippen LogP contribution in [0.1, 0.15) is 0 Å². The second-order valence-electron chi connectivity index (χ2n) is 6.18. The van der Waals surface area contributed by atoms with E-state index in [1.165, 1.54) is 0 Å². The minimum Gasteiger partial charge on any atom is -0.486 e. The van der Waals surface area contributed by atoms with Gasteiger partial charge < -0.3 is 14.8 Å². The monoisotopic (exact) mass is 370 g/mol. The van der Waals surface area contributed by atoms with Crippen LogP contribution in [-0.4, -0.2) is 52.4 Å². The van der Waals surface area contributed by atoms with Gasteiger partial charge in [-0.2, -0.15) is 8.75 Å². The summed E-state index contributed by atoms with van der Waals surface area (Å²) in [5.41, 5.74) is 2.18. The third-order valence-electron chi connectivity index (χ3n) is 4.06. The van der Waals surface area contributed by atoms with Gasteiger partial charge in [0.2, 0.25) is 5.91 Å². The maximum Gasteiger partial charge on any atom is 0.238 e. The van der Waals surface area contributed by atoms with Crippen molar-refractivity contribution in [2.45, 2.75) is 6.10 Å². The van der Waals surface area contributed by atoms with Crippen LogP contribution in [0.3, 0.4) is 0 Å². The third-order valence-corrected chi connectivity index (χ3v) is 4.60. The molecule has 0 spiro atoms. The van der Waals surface area contributed by atoms with Gasteiger partial charge in [-0.25, -0.2) is 0 Å². The summed E-state index contributed by atoms with van der Waals surface area (Å²) in [4.78, 5) is 14.3. The number of hydrogen-bond donors (Lipinski definition) is 1. The summed E-state index contributed by atoms with van der Waals surface area (Å²) >= 11 is 1.13. The Hall–Kier alpha value is -2.71. The summed E-state index contributed by atoms with van der Waals surface area (Å²) in [6.07, 6.45) is -0.117. The van der Waals surface area contributed by atoms with Gasteiger partial charge in [0.1, 0.15) is 23.7 Å². The highest BCUT2D eigenvalue weighted by Gasteiger charge is 2.22. The highest BCUT2D eigenvalue weighted by atomic mass is 32.1. The molecule has 1 unspecified atom stereocenters. The summed E-state index contributed by atoms with van der Waals surface area (Å²) < 4.78 is 20.1. The van der Waals surface area contributed by atoms with E-state index in [4.69, 9.17) is 9.47 Å². The van der Waals surface area contributed by atoms with Gasteiger partial charge in [0, 0.05) is 6.54 Å². The van der Waals surface area contributed by atoms with Crippen LogP contribution in [-0.2, 0) is 4.79 Å². The number of anilines is 1. The van der Waals surface area contributed by atoms with Gasteiger partial charge in [-0.05, 0) is 31.3 Å². The van der Waals surface area contributed by atoms with Crippen molar-refractivity contribution in [1.29, 1.82) is 0 Å². The Labute approximate surface area is 154 Å². The number of para-hydroxylation sites is 2. The van der Waals surface area contributed by atoms with Gasteiger partial charge in [0.05, 0.1) is 24.0 Å². The van der Waals surface area contributed by atoms with Gasteiger partial charge >= 0.3 is 0 Å². The number of likely N-dealkylation sites (N-methyl/N-ethyl adjacent to an activating group) is 1. The molecule has 0 saturated carbocycles. The van der Waals surface area contributed by atoms with Crippen molar-refractivity contribution in [3.05, 3.63) is 42.5 Å². The first-order valence-corrected chi connectivity index (χ1v) is 9.00. The molecule has 4 rings (SSSR count). The number of hydrogen-bond acceptors (Lipinski definition) is 7. The number of nitrogens with one attached hydrogen (secondary N) is 1. The van der Waals surface area contributed by atoms with Gasteiger partial charge in [0.15, 0.2) is 11.5 Å². The fraction of sp³-hybridized carbons (Fsp3) is 0.278. The summed E-state index contributed by atoms with van der Waals surface area (Å²) in [6, 6.07) is 13.2. The van der Waals surface area contributed by atoms with Crippen LogP contribution in [0.15, 0.2) is 42.5 Å². The number of fused-ring (bicyclic) bond motifs is 2. The number of ether oxygens (including phenoxy) is 2. The molecule has 0 bridgehead atoms. The van der Waals surface area contributed by atoms with E-state index in [0.29, 0.717) is 24.4 Å². The van der Waals surface area contributed by atoms with Crippen LogP contribution in [0.25, 0.3) is 11.0 Å². The SMILES string of the molecule is CN(CC(=O)Nc1cccc2nsnc12)CC1COc2ccccc2O1. The Balaban J connectivity index is 1.33. The lowest BCUT2D eigenvalue weighted by molar-refractivity contribution is -0.117. The predicted molar refractivity (Wildman–Crippen MR) is 99.9 cm³/mol. The molecule has 2 aromatic carbocycles. The molecular weight excluding hydrogens is 352 g/mol. The van der Waals surface area contributed by atoms with Crippen LogP contribution in [0, 0.1) is 0 Å². The molecule has 1 aromatic heterocycles. The van der Waals surface area contributed by atoms with Crippen molar-refractivity contribution < 1.29 is 14.3 Å². The highest BCUT2D eigenvalue weighted by molar-refractivity contribution is 7.00. The van der Waals surface area contributed by atoms with Crippen molar-refractivity contribution in [3.8, 4) is 11.5 Å². The van der Waals surface area contributed by atoms with E-state index in [9.17, 15) is 4.79 Å². The zero-order valence-corrected chi connectivity index (χ0v) is 15.0. The topological polar surface area (TPSA) is 76.6 Å². The summed E-state index contributed by atoms with van der Waals surface area (Å²) in [5, 5.41) is 2.91. The Morgan fingerprint density at radius 3 is 2.96 bits per heavy atom. The molecule has 0 saturated heterocycles. The van der Waals surface area contributed by atoms with Gasteiger partial charge in [-0.3, -0.25) is 9.69 Å². The van der Waals surface area contributed by atoms with E-state index in [0.717, 1.165) is 28.7 Å². The molecule has 134 valence electrons. The summed E-state index contributed by atoms with van der Waals surface area (Å²) in [5.74, 6) is 1.39. The molecule has 0 radical (unpaired) electrons. The van der Waals surface area contributed by atoms with E-state index >= 15 is 0 Å². The third kappa shape index (κ3) is 3.61. The lowest BCUT2D eigenvalue weighted by atomic mass is 10.2. The minimum absolute atomic E-state index is 0.106. The standard InChI is InChI=1S/C18H18N4O3S/c1-22(9-12-11-24-15-7-2-3-8-16(15)25-12)10-17(23)19-13-5-4-6-14-18(13)21-26-20-14/h2-8,12H,9-11H2,1H3,(H,19,23). The van der Waals surface area contributed by atoms with Crippen molar-refractivity contribution in [2.24, 2.45) is 0 Å². The molecule has 1 aliphatic heterocycles. The summed E-state index contributed by atoms with van der Waals surface area (Å²) in [7, 11) is 1.88. The zero-order valence-electron chi connectivity index (χ0n) is 14.2. The van der Waals surface area contributed by atoms with E-state index in [1.54, 1.807) is 0 Å². The quantitative estimate of drug-likeness (QED) is 0.743. The van der Waals surface area contributed by atoms with E-state index in [1.807, 2.05) is 54.4 Å². The fourth-order valence-corrected chi connectivity index (χ4v) is 3.46.